The summed E-state index contributed by atoms with van der Waals surface area (Å²) in [6.07, 6.45) is -4.47. The summed E-state index contributed by atoms with van der Waals surface area (Å²) in [6, 6.07) is 5.05. The van der Waals surface area contributed by atoms with Crippen LogP contribution in [0.15, 0.2) is 18.2 Å². The van der Waals surface area contributed by atoms with Crippen molar-refractivity contribution in [2.75, 3.05) is 0 Å². The van der Waals surface area contributed by atoms with Gasteiger partial charge in [0, 0.05) is 0 Å². The van der Waals surface area contributed by atoms with E-state index in [1.165, 1.54) is 0 Å². The van der Waals surface area contributed by atoms with Crippen molar-refractivity contribution >= 4 is 11.0 Å². The van der Waals surface area contributed by atoms with Gasteiger partial charge in [-0.25, -0.2) is 9.97 Å². The number of hydrogen-bond donors (Lipinski definition) is 0. The minimum atomic E-state index is -4.47. The molecule has 0 aliphatic heterocycles. The number of aryl methyl sites for hydroxylation is 1. The summed E-state index contributed by atoms with van der Waals surface area (Å²) in [5.41, 5.74) is 0.774. The summed E-state index contributed by atoms with van der Waals surface area (Å²) in [7, 11) is 0. The standard InChI is InChI=1S/C13H13F3N2/c1-7(2)10-12(13(14,15)16)17-9-6-4-5-8(3)11(9)18-10/h4-7H,1-3H3. The highest BCUT2D eigenvalue weighted by atomic mass is 19.4. The minimum absolute atomic E-state index is 0.00398. The first-order valence-electron chi connectivity index (χ1n) is 5.65. The average molecular weight is 254 g/mol. The third-order valence-corrected chi connectivity index (χ3v) is 2.74. The van der Waals surface area contributed by atoms with Crippen molar-refractivity contribution in [2.24, 2.45) is 0 Å². The molecule has 0 fully saturated rings. The van der Waals surface area contributed by atoms with Gasteiger partial charge in [-0.3, -0.25) is 0 Å². The van der Waals surface area contributed by atoms with Gasteiger partial charge in [0.2, 0.25) is 0 Å². The van der Waals surface area contributed by atoms with Gasteiger partial charge in [-0.05, 0) is 24.5 Å². The van der Waals surface area contributed by atoms with Crippen LogP contribution in [-0.4, -0.2) is 9.97 Å². The molecule has 0 aliphatic rings. The molecule has 0 aliphatic carbocycles. The Morgan fingerprint density at radius 3 is 2.33 bits per heavy atom. The van der Waals surface area contributed by atoms with E-state index in [0.29, 0.717) is 5.52 Å². The van der Waals surface area contributed by atoms with Crippen molar-refractivity contribution in [1.29, 1.82) is 0 Å². The second kappa shape index (κ2) is 4.23. The zero-order valence-corrected chi connectivity index (χ0v) is 10.3. The number of aromatic nitrogens is 2. The molecule has 0 saturated heterocycles. The Labute approximate surface area is 103 Å². The molecule has 2 aromatic rings. The van der Waals surface area contributed by atoms with Crippen molar-refractivity contribution in [3.05, 3.63) is 35.2 Å². The zero-order chi connectivity index (χ0) is 13.5. The predicted octanol–water partition coefficient (Wildman–Crippen LogP) is 4.08. The summed E-state index contributed by atoms with van der Waals surface area (Å²) in [5.74, 6) is -0.321. The van der Waals surface area contributed by atoms with Crippen LogP contribution in [0.4, 0.5) is 13.2 Å². The van der Waals surface area contributed by atoms with Gasteiger partial charge in [0.15, 0.2) is 5.69 Å². The molecule has 0 radical (unpaired) electrons. The Kier molecular flexibility index (Phi) is 3.00. The number of rotatable bonds is 1. The minimum Gasteiger partial charge on any atom is -0.248 e. The van der Waals surface area contributed by atoms with Crippen LogP contribution >= 0.6 is 0 Å². The van der Waals surface area contributed by atoms with E-state index in [2.05, 4.69) is 9.97 Å². The molecule has 1 aromatic carbocycles. The monoisotopic (exact) mass is 254 g/mol. The number of nitrogens with zero attached hydrogens (tertiary/aromatic N) is 2. The average Bonchev–Trinajstić information content (AvgIpc) is 2.26. The van der Waals surface area contributed by atoms with Gasteiger partial charge < -0.3 is 0 Å². The van der Waals surface area contributed by atoms with E-state index < -0.39 is 11.9 Å². The van der Waals surface area contributed by atoms with Crippen molar-refractivity contribution in [2.45, 2.75) is 32.9 Å². The van der Waals surface area contributed by atoms with Gasteiger partial charge in [0.05, 0.1) is 16.7 Å². The first-order valence-corrected chi connectivity index (χ1v) is 5.65. The summed E-state index contributed by atoms with van der Waals surface area (Å²) in [6.45, 7) is 5.18. The summed E-state index contributed by atoms with van der Waals surface area (Å²) in [4.78, 5) is 7.90. The van der Waals surface area contributed by atoms with Crippen LogP contribution in [-0.2, 0) is 6.18 Å². The van der Waals surface area contributed by atoms with E-state index in [1.54, 1.807) is 26.0 Å². The molecule has 2 nitrogen and oxygen atoms in total. The van der Waals surface area contributed by atoms with Gasteiger partial charge >= 0.3 is 6.18 Å². The number of fused-ring (bicyclic) bond motifs is 1. The molecule has 96 valence electrons. The molecule has 0 atom stereocenters. The Morgan fingerprint density at radius 2 is 1.78 bits per heavy atom. The molecule has 5 heteroatoms. The van der Waals surface area contributed by atoms with Crippen LogP contribution in [0.2, 0.25) is 0 Å². The van der Waals surface area contributed by atoms with Crippen molar-refractivity contribution in [3.63, 3.8) is 0 Å². The first-order chi connectivity index (χ1) is 8.30. The summed E-state index contributed by atoms with van der Waals surface area (Å²) in [5, 5.41) is 0. The predicted molar refractivity (Wildman–Crippen MR) is 63.4 cm³/mol. The second-order valence-electron chi connectivity index (χ2n) is 4.55. The molecule has 0 unspecified atom stereocenters. The Bertz CT molecular complexity index is 589. The number of para-hydroxylation sites is 1. The van der Waals surface area contributed by atoms with Crippen LogP contribution < -0.4 is 0 Å². The van der Waals surface area contributed by atoms with Crippen LogP contribution in [0, 0.1) is 6.92 Å². The van der Waals surface area contributed by atoms with Crippen molar-refractivity contribution < 1.29 is 13.2 Å². The third-order valence-electron chi connectivity index (χ3n) is 2.74. The normalized spacial score (nSPS) is 12.4. The lowest BCUT2D eigenvalue weighted by Gasteiger charge is -2.15. The smallest absolute Gasteiger partial charge is 0.248 e. The lowest BCUT2D eigenvalue weighted by atomic mass is 10.1. The molecular weight excluding hydrogens is 241 g/mol. The maximum Gasteiger partial charge on any atom is 0.435 e. The summed E-state index contributed by atoms with van der Waals surface area (Å²) >= 11 is 0. The largest absolute Gasteiger partial charge is 0.435 e. The topological polar surface area (TPSA) is 25.8 Å². The number of alkyl halides is 3. The highest BCUT2D eigenvalue weighted by Crippen LogP contribution is 2.34. The van der Waals surface area contributed by atoms with Crippen molar-refractivity contribution in [3.8, 4) is 0 Å². The van der Waals surface area contributed by atoms with E-state index in [9.17, 15) is 13.2 Å². The van der Waals surface area contributed by atoms with Gasteiger partial charge in [-0.15, -0.1) is 0 Å². The lowest BCUT2D eigenvalue weighted by Crippen LogP contribution is -2.15. The quantitative estimate of drug-likeness (QED) is 0.766. The molecule has 0 N–H and O–H groups in total. The Morgan fingerprint density at radius 1 is 1.11 bits per heavy atom. The maximum absolute atomic E-state index is 12.9. The SMILES string of the molecule is Cc1cccc2nc(C(F)(F)F)c(C(C)C)nc12. The molecular formula is C13H13F3N2. The van der Waals surface area contributed by atoms with Gasteiger partial charge in [0.25, 0.3) is 0 Å². The molecule has 2 rings (SSSR count). The van der Waals surface area contributed by atoms with E-state index in [4.69, 9.17) is 0 Å². The van der Waals surface area contributed by atoms with Gasteiger partial charge in [-0.2, -0.15) is 13.2 Å². The van der Waals surface area contributed by atoms with E-state index >= 15 is 0 Å². The molecule has 0 amide bonds. The second-order valence-corrected chi connectivity index (χ2v) is 4.55. The molecule has 1 aromatic heterocycles. The number of halogens is 3. The van der Waals surface area contributed by atoms with E-state index in [1.807, 2.05) is 13.0 Å². The molecule has 18 heavy (non-hydrogen) atoms. The van der Waals surface area contributed by atoms with Crippen LogP contribution in [0.1, 0.15) is 36.7 Å². The molecule has 0 bridgehead atoms. The Balaban J connectivity index is 2.81. The lowest BCUT2D eigenvalue weighted by molar-refractivity contribution is -0.142. The van der Waals surface area contributed by atoms with E-state index in [-0.39, 0.29) is 17.1 Å². The van der Waals surface area contributed by atoms with Crippen molar-refractivity contribution in [1.82, 2.24) is 9.97 Å². The zero-order valence-electron chi connectivity index (χ0n) is 10.3. The molecule has 1 heterocycles. The highest BCUT2D eigenvalue weighted by Gasteiger charge is 2.37. The molecule has 0 spiro atoms. The van der Waals surface area contributed by atoms with Gasteiger partial charge in [0.1, 0.15) is 0 Å². The van der Waals surface area contributed by atoms with Crippen LogP contribution in [0.5, 0.6) is 0 Å². The maximum atomic E-state index is 12.9. The van der Waals surface area contributed by atoms with E-state index in [0.717, 1.165) is 5.56 Å². The summed E-state index contributed by atoms with van der Waals surface area (Å²) < 4.78 is 38.8. The Hall–Kier alpha value is -1.65. The highest BCUT2D eigenvalue weighted by molar-refractivity contribution is 5.78. The fourth-order valence-corrected chi connectivity index (χ4v) is 1.84. The van der Waals surface area contributed by atoms with Crippen LogP contribution in [0.25, 0.3) is 11.0 Å². The number of hydrogen-bond acceptors (Lipinski definition) is 2. The molecule has 0 saturated carbocycles. The number of benzene rings is 1. The fraction of sp³-hybridized carbons (Fsp3) is 0.385. The fourth-order valence-electron chi connectivity index (χ4n) is 1.84. The first kappa shape index (κ1) is 12.8. The third kappa shape index (κ3) is 2.17. The van der Waals surface area contributed by atoms with Gasteiger partial charge in [-0.1, -0.05) is 26.0 Å². The van der Waals surface area contributed by atoms with Crippen LogP contribution in [0.3, 0.4) is 0 Å².